The first kappa shape index (κ1) is 15.9. The molecule has 0 bridgehead atoms. The maximum Gasteiger partial charge on any atom is 0.137 e. The molecule has 0 saturated heterocycles. The molecule has 0 spiro atoms. The Morgan fingerprint density at radius 3 is 2.67 bits per heavy atom. The summed E-state index contributed by atoms with van der Waals surface area (Å²) < 4.78 is 13.8. The summed E-state index contributed by atoms with van der Waals surface area (Å²) in [7, 11) is 0. The molecule has 4 heteroatoms. The molecule has 0 aromatic heterocycles. The zero-order chi connectivity index (χ0) is 13.8. The second kappa shape index (κ2) is 6.88. The Kier molecular flexibility index (Phi) is 6.09. The quantitative estimate of drug-likeness (QED) is 0.767. The molecule has 102 valence electrons. The van der Waals surface area contributed by atoms with Crippen LogP contribution in [0.3, 0.4) is 0 Å². The molecule has 0 saturated carbocycles. The molecule has 0 aliphatic carbocycles. The molecule has 1 aromatic rings. The lowest BCUT2D eigenvalue weighted by Gasteiger charge is -2.22. The van der Waals surface area contributed by atoms with E-state index in [0.717, 1.165) is 18.5 Å². The first-order chi connectivity index (χ1) is 8.29. The average molecular weight is 337 g/mol. The van der Waals surface area contributed by atoms with Gasteiger partial charge in [-0.15, -0.1) is 11.6 Å². The van der Waals surface area contributed by atoms with Crippen molar-refractivity contribution in [2.24, 2.45) is 5.41 Å². The van der Waals surface area contributed by atoms with Gasteiger partial charge >= 0.3 is 0 Å². The summed E-state index contributed by atoms with van der Waals surface area (Å²) in [5, 5.41) is 3.36. The number of hydrogen-bond acceptors (Lipinski definition) is 1. The van der Waals surface area contributed by atoms with Gasteiger partial charge in [-0.05, 0) is 39.4 Å². The van der Waals surface area contributed by atoms with Crippen LogP contribution in [0, 0.1) is 11.2 Å². The maximum atomic E-state index is 13.3. The van der Waals surface area contributed by atoms with E-state index in [0.29, 0.717) is 11.0 Å². The van der Waals surface area contributed by atoms with E-state index in [4.69, 9.17) is 11.6 Å². The van der Waals surface area contributed by atoms with Gasteiger partial charge in [-0.25, -0.2) is 4.39 Å². The first-order valence-electron chi connectivity index (χ1n) is 6.07. The topological polar surface area (TPSA) is 12.0 Å². The fourth-order valence-corrected chi connectivity index (χ4v) is 2.76. The van der Waals surface area contributed by atoms with Gasteiger partial charge in [0.15, 0.2) is 0 Å². The van der Waals surface area contributed by atoms with Gasteiger partial charge in [-0.2, -0.15) is 0 Å². The van der Waals surface area contributed by atoms with E-state index in [1.165, 1.54) is 6.07 Å². The van der Waals surface area contributed by atoms with Crippen LogP contribution in [-0.2, 0) is 6.54 Å². The monoisotopic (exact) mass is 335 g/mol. The highest BCUT2D eigenvalue weighted by molar-refractivity contribution is 9.10. The van der Waals surface area contributed by atoms with Gasteiger partial charge in [-0.1, -0.05) is 32.9 Å². The second-order valence-corrected chi connectivity index (χ2v) is 7.12. The zero-order valence-corrected chi connectivity index (χ0v) is 13.4. The number of rotatable bonds is 5. The van der Waals surface area contributed by atoms with E-state index in [2.05, 4.69) is 42.0 Å². The Labute approximate surface area is 122 Å². The van der Waals surface area contributed by atoms with Crippen LogP contribution in [0.4, 0.5) is 4.39 Å². The van der Waals surface area contributed by atoms with Crippen LogP contribution in [0.2, 0.25) is 0 Å². The number of benzene rings is 1. The highest BCUT2D eigenvalue weighted by Crippen LogP contribution is 2.23. The van der Waals surface area contributed by atoms with E-state index >= 15 is 0 Å². The van der Waals surface area contributed by atoms with Crippen molar-refractivity contribution in [3.63, 3.8) is 0 Å². The smallest absolute Gasteiger partial charge is 0.137 e. The third kappa shape index (κ3) is 5.68. The van der Waals surface area contributed by atoms with Crippen molar-refractivity contribution in [3.8, 4) is 0 Å². The fraction of sp³-hybridized carbons (Fsp3) is 0.571. The minimum atomic E-state index is -0.230. The van der Waals surface area contributed by atoms with Gasteiger partial charge in [0.05, 0.1) is 4.47 Å². The summed E-state index contributed by atoms with van der Waals surface area (Å²) in [6, 6.07) is 5.05. The molecule has 1 rings (SSSR count). The van der Waals surface area contributed by atoms with Crippen LogP contribution in [0.15, 0.2) is 22.7 Å². The van der Waals surface area contributed by atoms with Gasteiger partial charge in [0.25, 0.3) is 0 Å². The first-order valence-corrected chi connectivity index (χ1v) is 7.30. The summed E-state index contributed by atoms with van der Waals surface area (Å²) in [5.74, 6) is -0.230. The Morgan fingerprint density at radius 1 is 1.39 bits per heavy atom. The summed E-state index contributed by atoms with van der Waals surface area (Å²) in [4.78, 5) is 0. The Bertz CT molecular complexity index is 390. The van der Waals surface area contributed by atoms with E-state index < -0.39 is 0 Å². The van der Waals surface area contributed by atoms with E-state index in [1.807, 2.05) is 6.07 Å². The molecule has 1 nitrogen and oxygen atoms in total. The van der Waals surface area contributed by atoms with Crippen molar-refractivity contribution in [1.29, 1.82) is 0 Å². The highest BCUT2D eigenvalue weighted by Gasteiger charge is 2.16. The average Bonchev–Trinajstić information content (AvgIpc) is 2.21. The predicted octanol–water partition coefficient (Wildman–Crippen LogP) is 4.72. The molecule has 0 aliphatic heterocycles. The van der Waals surface area contributed by atoms with Gasteiger partial charge in [0.1, 0.15) is 5.82 Å². The van der Waals surface area contributed by atoms with Crippen molar-refractivity contribution < 1.29 is 4.39 Å². The van der Waals surface area contributed by atoms with Crippen LogP contribution in [0.5, 0.6) is 0 Å². The predicted molar refractivity (Wildman–Crippen MR) is 79.5 cm³/mol. The van der Waals surface area contributed by atoms with E-state index in [1.54, 1.807) is 6.07 Å². The third-order valence-electron chi connectivity index (χ3n) is 2.55. The summed E-state index contributed by atoms with van der Waals surface area (Å²) >= 11 is 9.50. The SMILES string of the molecule is CC(C)(C)CC(Cl)CNCc1cccc(F)c1Br. The van der Waals surface area contributed by atoms with Crippen LogP contribution in [-0.4, -0.2) is 11.9 Å². The number of hydrogen-bond donors (Lipinski definition) is 1. The van der Waals surface area contributed by atoms with Crippen molar-refractivity contribution in [2.75, 3.05) is 6.54 Å². The highest BCUT2D eigenvalue weighted by atomic mass is 79.9. The Morgan fingerprint density at radius 2 is 2.06 bits per heavy atom. The summed E-state index contributed by atoms with van der Waals surface area (Å²) in [5.41, 5.74) is 1.14. The molecule has 0 heterocycles. The van der Waals surface area contributed by atoms with Crippen molar-refractivity contribution in [3.05, 3.63) is 34.1 Å². The molecule has 1 unspecified atom stereocenters. The van der Waals surface area contributed by atoms with Gasteiger partial charge in [-0.3, -0.25) is 0 Å². The Hall–Kier alpha value is -0.120. The van der Waals surface area contributed by atoms with Crippen molar-refractivity contribution in [2.45, 2.75) is 39.1 Å². The number of nitrogens with one attached hydrogen (secondary N) is 1. The molecule has 18 heavy (non-hydrogen) atoms. The standard InChI is InChI=1S/C14H20BrClFN/c1-14(2,3)7-11(16)9-18-8-10-5-4-6-12(17)13(10)15/h4-6,11,18H,7-9H2,1-3H3. The molecular weight excluding hydrogens is 317 g/mol. The van der Waals surface area contributed by atoms with Crippen molar-refractivity contribution >= 4 is 27.5 Å². The van der Waals surface area contributed by atoms with Crippen LogP contribution < -0.4 is 5.32 Å². The van der Waals surface area contributed by atoms with Crippen molar-refractivity contribution in [1.82, 2.24) is 5.32 Å². The third-order valence-corrected chi connectivity index (χ3v) is 3.74. The molecule has 1 aromatic carbocycles. The number of halogens is 3. The van der Waals surface area contributed by atoms with Gasteiger partial charge in [0.2, 0.25) is 0 Å². The lowest BCUT2D eigenvalue weighted by atomic mass is 9.90. The summed E-state index contributed by atoms with van der Waals surface area (Å²) in [6.07, 6.45) is 0.950. The lowest BCUT2D eigenvalue weighted by molar-refractivity contribution is 0.364. The van der Waals surface area contributed by atoms with Gasteiger partial charge < -0.3 is 5.32 Å². The normalized spacial score (nSPS) is 13.7. The molecule has 0 amide bonds. The summed E-state index contributed by atoms with van der Waals surface area (Å²) in [6.45, 7) is 7.86. The fourth-order valence-electron chi connectivity index (χ4n) is 1.79. The van der Waals surface area contributed by atoms with Crippen LogP contribution >= 0.6 is 27.5 Å². The maximum absolute atomic E-state index is 13.3. The van der Waals surface area contributed by atoms with Crippen LogP contribution in [0.25, 0.3) is 0 Å². The molecule has 1 N–H and O–H groups in total. The Balaban J connectivity index is 2.40. The van der Waals surface area contributed by atoms with Crippen LogP contribution in [0.1, 0.15) is 32.8 Å². The minimum Gasteiger partial charge on any atom is -0.311 e. The molecular formula is C14H20BrClFN. The molecule has 0 radical (unpaired) electrons. The zero-order valence-electron chi connectivity index (χ0n) is 11.1. The number of alkyl halides is 1. The molecule has 0 aliphatic rings. The lowest BCUT2D eigenvalue weighted by Crippen LogP contribution is -2.26. The molecule has 0 fully saturated rings. The van der Waals surface area contributed by atoms with E-state index in [-0.39, 0.29) is 16.6 Å². The van der Waals surface area contributed by atoms with Gasteiger partial charge in [0, 0.05) is 18.5 Å². The van der Waals surface area contributed by atoms with E-state index in [9.17, 15) is 4.39 Å². The second-order valence-electron chi connectivity index (χ2n) is 5.71. The minimum absolute atomic E-state index is 0.0948. The largest absolute Gasteiger partial charge is 0.311 e. The molecule has 1 atom stereocenters.